The summed E-state index contributed by atoms with van der Waals surface area (Å²) in [5, 5.41) is 12.3. The van der Waals surface area contributed by atoms with E-state index in [1.807, 2.05) is 66.5 Å². The SMILES string of the molecule is C[C@@H]1NC(=O)CC/C=C\CN(C2CCCCC2)C(=O)[C@H]2N(CCCCCCO)C(=O)[C@@H]3[C@@H](C(=O)O[C@H]1c1ccccc1)[C@H]1C=C[C@]32O1. The van der Waals surface area contributed by atoms with Gasteiger partial charge in [-0.25, -0.2) is 0 Å². The molecule has 4 heterocycles. The molecule has 2 saturated heterocycles. The van der Waals surface area contributed by atoms with Crippen molar-refractivity contribution in [2.75, 3.05) is 19.7 Å². The van der Waals surface area contributed by atoms with Gasteiger partial charge < -0.3 is 29.7 Å². The molecule has 47 heavy (non-hydrogen) atoms. The molecule has 5 bridgehead atoms. The Labute approximate surface area is 277 Å². The highest BCUT2D eigenvalue weighted by Gasteiger charge is 2.73. The molecule has 10 nitrogen and oxygen atoms in total. The molecule has 1 aromatic carbocycles. The topological polar surface area (TPSA) is 125 Å². The van der Waals surface area contributed by atoms with Crippen LogP contribution >= 0.6 is 0 Å². The number of amides is 3. The summed E-state index contributed by atoms with van der Waals surface area (Å²) in [6.45, 7) is 2.69. The monoisotopic (exact) mass is 647 g/mol. The maximum absolute atomic E-state index is 14.9. The van der Waals surface area contributed by atoms with E-state index in [2.05, 4.69) is 5.32 Å². The lowest BCUT2D eigenvalue weighted by Gasteiger charge is -2.40. The molecule has 1 spiro atoms. The van der Waals surface area contributed by atoms with E-state index in [1.165, 1.54) is 0 Å². The molecule has 10 heteroatoms. The number of fused-ring (bicyclic) bond motifs is 2. The largest absolute Gasteiger partial charge is 0.455 e. The van der Waals surface area contributed by atoms with E-state index in [0.29, 0.717) is 32.4 Å². The highest BCUT2D eigenvalue weighted by molar-refractivity contribution is 5.99. The molecular weight excluding hydrogens is 598 g/mol. The number of esters is 1. The Morgan fingerprint density at radius 2 is 1.72 bits per heavy atom. The van der Waals surface area contributed by atoms with Gasteiger partial charge in [0.05, 0.1) is 18.1 Å². The Morgan fingerprint density at radius 1 is 0.957 bits per heavy atom. The number of hydrogen-bond donors (Lipinski definition) is 2. The van der Waals surface area contributed by atoms with Crippen LogP contribution in [0.4, 0.5) is 0 Å². The van der Waals surface area contributed by atoms with E-state index in [0.717, 1.165) is 50.5 Å². The van der Waals surface area contributed by atoms with Crippen LogP contribution in [0.2, 0.25) is 0 Å². The quantitative estimate of drug-likeness (QED) is 0.248. The van der Waals surface area contributed by atoms with Crippen LogP contribution in [0.15, 0.2) is 54.6 Å². The van der Waals surface area contributed by atoms with Gasteiger partial charge in [-0.3, -0.25) is 19.2 Å². The Bertz CT molecular complexity index is 1360. The molecule has 254 valence electrons. The highest BCUT2D eigenvalue weighted by Crippen LogP contribution is 2.56. The number of unbranched alkanes of at least 4 members (excludes halogenated alkanes) is 3. The molecule has 0 radical (unpaired) electrons. The summed E-state index contributed by atoms with van der Waals surface area (Å²) in [5.41, 5.74) is -0.528. The first kappa shape index (κ1) is 33.4. The minimum absolute atomic E-state index is 0.0408. The van der Waals surface area contributed by atoms with Crippen LogP contribution < -0.4 is 5.32 Å². The molecule has 7 atom stereocenters. The second-order valence-electron chi connectivity index (χ2n) is 13.8. The molecule has 0 aromatic heterocycles. The number of carbonyl (C=O) groups excluding carboxylic acids is 4. The average Bonchev–Trinajstić information content (AvgIpc) is 3.72. The Balaban J connectivity index is 1.38. The number of aliphatic hydroxyl groups is 1. The molecule has 4 aliphatic heterocycles. The fourth-order valence-corrected chi connectivity index (χ4v) is 8.40. The average molecular weight is 648 g/mol. The van der Waals surface area contributed by atoms with Crippen molar-refractivity contribution in [3.63, 3.8) is 0 Å². The fourth-order valence-electron chi connectivity index (χ4n) is 8.40. The van der Waals surface area contributed by atoms with Crippen molar-refractivity contribution in [3.8, 4) is 0 Å². The van der Waals surface area contributed by atoms with Gasteiger partial charge in [-0.1, -0.05) is 86.7 Å². The van der Waals surface area contributed by atoms with Crippen LogP contribution in [0, 0.1) is 11.8 Å². The van der Waals surface area contributed by atoms with Gasteiger partial charge in [0.1, 0.15) is 23.7 Å². The Hall–Kier alpha value is -3.50. The van der Waals surface area contributed by atoms with Gasteiger partial charge >= 0.3 is 5.97 Å². The van der Waals surface area contributed by atoms with Crippen molar-refractivity contribution in [3.05, 3.63) is 60.2 Å². The minimum Gasteiger partial charge on any atom is -0.455 e. The molecule has 2 N–H and O–H groups in total. The number of allylic oxidation sites excluding steroid dienone is 1. The van der Waals surface area contributed by atoms with Gasteiger partial charge in [0.15, 0.2) is 0 Å². The van der Waals surface area contributed by atoms with Crippen LogP contribution in [0.1, 0.15) is 89.2 Å². The van der Waals surface area contributed by atoms with E-state index < -0.39 is 47.7 Å². The van der Waals surface area contributed by atoms with E-state index in [-0.39, 0.29) is 36.8 Å². The van der Waals surface area contributed by atoms with Crippen LogP contribution in [0.5, 0.6) is 0 Å². The zero-order valence-corrected chi connectivity index (χ0v) is 27.4. The number of benzene rings is 1. The third-order valence-electron chi connectivity index (χ3n) is 10.7. The molecule has 1 aromatic rings. The Morgan fingerprint density at radius 3 is 2.49 bits per heavy atom. The van der Waals surface area contributed by atoms with E-state index >= 15 is 0 Å². The lowest BCUT2D eigenvalue weighted by atomic mass is 9.74. The van der Waals surface area contributed by atoms with E-state index in [1.54, 1.807) is 4.90 Å². The maximum atomic E-state index is 14.9. The molecule has 5 aliphatic rings. The van der Waals surface area contributed by atoms with Crippen LogP contribution in [0.25, 0.3) is 0 Å². The molecule has 3 amide bonds. The van der Waals surface area contributed by atoms with Gasteiger partial charge in [-0.15, -0.1) is 0 Å². The number of rotatable bonds is 8. The lowest BCUT2D eigenvalue weighted by Crippen LogP contribution is -2.58. The summed E-state index contributed by atoms with van der Waals surface area (Å²) < 4.78 is 12.9. The molecular formula is C37H49N3O7. The number of carbonyl (C=O) groups is 4. The standard InChI is InChI=1S/C37H49N3O7/c1-25-32(26-15-7-4-8-16-26)46-36(45)30-28-20-21-37(47-28)31(30)34(43)40(23-12-2-3-14-24-41)33(37)35(44)39(27-17-9-5-10-18-27)22-13-6-11-19-29(42)38-25/h4,6-8,13,15-16,20-21,25,27-28,30-33,41H,2-3,5,9-12,14,17-19,22-24H2,1H3,(H,38,42)/b13-6-/t25-,28+,30-,31-,32+,33+,37-/m0/s1. The second kappa shape index (κ2) is 14.7. The van der Waals surface area contributed by atoms with E-state index in [4.69, 9.17) is 9.47 Å². The summed E-state index contributed by atoms with van der Waals surface area (Å²) >= 11 is 0. The lowest BCUT2D eigenvalue weighted by molar-refractivity contribution is -0.161. The van der Waals surface area contributed by atoms with Crippen molar-refractivity contribution < 1.29 is 33.8 Å². The normalized spacial score (nSPS) is 34.0. The summed E-state index contributed by atoms with van der Waals surface area (Å²) in [6.07, 6.45) is 14.9. The second-order valence-corrected chi connectivity index (χ2v) is 13.8. The molecule has 1 aliphatic carbocycles. The van der Waals surface area contributed by atoms with Crippen LogP contribution in [0.3, 0.4) is 0 Å². The van der Waals surface area contributed by atoms with Gasteiger partial charge in [0.25, 0.3) is 0 Å². The summed E-state index contributed by atoms with van der Waals surface area (Å²) in [7, 11) is 0. The zero-order valence-electron chi connectivity index (χ0n) is 27.4. The van der Waals surface area contributed by atoms with Gasteiger partial charge in [0.2, 0.25) is 17.7 Å². The number of ether oxygens (including phenoxy) is 2. The number of aliphatic hydroxyl groups excluding tert-OH is 1. The number of hydrogen-bond acceptors (Lipinski definition) is 7. The molecule has 6 rings (SSSR count). The molecule has 0 unspecified atom stereocenters. The predicted molar refractivity (Wildman–Crippen MR) is 175 cm³/mol. The number of likely N-dealkylation sites (tertiary alicyclic amines) is 1. The number of nitrogens with one attached hydrogen (secondary N) is 1. The molecule has 3 fully saturated rings. The third-order valence-corrected chi connectivity index (χ3v) is 10.7. The number of cyclic esters (lactones) is 1. The van der Waals surface area contributed by atoms with Crippen LogP contribution in [-0.2, 0) is 28.7 Å². The highest BCUT2D eigenvalue weighted by atomic mass is 16.6. The van der Waals surface area contributed by atoms with Gasteiger partial charge in [-0.2, -0.15) is 0 Å². The van der Waals surface area contributed by atoms with Crippen molar-refractivity contribution in [2.24, 2.45) is 11.8 Å². The smallest absolute Gasteiger partial charge is 0.313 e. The molecule has 1 saturated carbocycles. The van der Waals surface area contributed by atoms with Crippen molar-refractivity contribution in [1.82, 2.24) is 15.1 Å². The van der Waals surface area contributed by atoms with Crippen LogP contribution in [-0.4, -0.2) is 88.1 Å². The first-order valence-corrected chi connectivity index (χ1v) is 17.6. The van der Waals surface area contributed by atoms with E-state index in [9.17, 15) is 24.3 Å². The van der Waals surface area contributed by atoms with Crippen molar-refractivity contribution >= 4 is 23.7 Å². The first-order chi connectivity index (χ1) is 22.9. The summed E-state index contributed by atoms with van der Waals surface area (Å²) in [4.78, 5) is 60.2. The van der Waals surface area contributed by atoms with Crippen molar-refractivity contribution in [1.29, 1.82) is 0 Å². The summed E-state index contributed by atoms with van der Waals surface area (Å²) in [5.74, 6) is -2.94. The van der Waals surface area contributed by atoms with Gasteiger partial charge in [-0.05, 0) is 44.6 Å². The zero-order chi connectivity index (χ0) is 33.0. The predicted octanol–water partition coefficient (Wildman–Crippen LogP) is 3.99. The minimum atomic E-state index is -1.26. The maximum Gasteiger partial charge on any atom is 0.313 e. The summed E-state index contributed by atoms with van der Waals surface area (Å²) in [6, 6.07) is 7.93. The Kier molecular flexibility index (Phi) is 10.5. The van der Waals surface area contributed by atoms with Gasteiger partial charge in [0, 0.05) is 32.2 Å². The number of nitrogens with zero attached hydrogens (tertiary/aromatic N) is 2. The third kappa shape index (κ3) is 6.64. The fraction of sp³-hybridized carbons (Fsp3) is 0.622. The first-order valence-electron chi connectivity index (χ1n) is 17.6. The van der Waals surface area contributed by atoms with Crippen molar-refractivity contribution in [2.45, 2.75) is 113 Å².